The zero-order chi connectivity index (χ0) is 4.85. The van der Waals surface area contributed by atoms with Crippen molar-refractivity contribution in [2.75, 3.05) is 0 Å². The summed E-state index contributed by atoms with van der Waals surface area (Å²) in [6, 6.07) is 0. The van der Waals surface area contributed by atoms with Crippen LogP contribution in [0.4, 0.5) is 0 Å². The molecule has 0 spiro atoms. The molecule has 0 amide bonds. The van der Waals surface area contributed by atoms with E-state index in [9.17, 15) is 0 Å². The van der Waals surface area contributed by atoms with Crippen molar-refractivity contribution in [3.05, 3.63) is 12.2 Å². The zero-order valence-electron chi connectivity index (χ0n) is 4.04. The van der Waals surface area contributed by atoms with Crippen molar-refractivity contribution in [2.45, 2.75) is 12.5 Å². The van der Waals surface area contributed by atoms with Gasteiger partial charge in [-0.2, -0.15) is 0 Å². The van der Waals surface area contributed by atoms with E-state index in [0.717, 1.165) is 0 Å². The van der Waals surface area contributed by atoms with E-state index in [1.165, 1.54) is 6.42 Å². The summed E-state index contributed by atoms with van der Waals surface area (Å²) in [6.45, 7) is 0. The number of hydrogen-bond donors (Lipinski definition) is 1. The van der Waals surface area contributed by atoms with Crippen molar-refractivity contribution in [1.29, 1.82) is 0 Å². The Balaban J connectivity index is 2.24. The lowest BCUT2D eigenvalue weighted by Gasteiger charge is -2.30. The molecule has 1 heteroatoms. The maximum atomic E-state index is 8.98. The van der Waals surface area contributed by atoms with E-state index in [0.29, 0.717) is 11.8 Å². The second-order valence-corrected chi connectivity index (χ2v) is 2.44. The Morgan fingerprint density at radius 2 is 1.86 bits per heavy atom. The summed E-state index contributed by atoms with van der Waals surface area (Å²) in [4.78, 5) is 0. The first-order valence-electron chi connectivity index (χ1n) is 2.74. The molecule has 0 heterocycles. The van der Waals surface area contributed by atoms with E-state index in [1.807, 2.05) is 0 Å². The summed E-state index contributed by atoms with van der Waals surface area (Å²) >= 11 is 0. The van der Waals surface area contributed by atoms with Crippen LogP contribution in [0.2, 0.25) is 0 Å². The molecule has 7 heavy (non-hydrogen) atoms. The van der Waals surface area contributed by atoms with Gasteiger partial charge < -0.3 is 5.11 Å². The van der Waals surface area contributed by atoms with Crippen LogP contribution in [0.5, 0.6) is 0 Å². The highest BCUT2D eigenvalue weighted by molar-refractivity contribution is 5.16. The number of aliphatic hydroxyl groups excluding tert-OH is 1. The Hall–Kier alpha value is -0.300. The predicted molar refractivity (Wildman–Crippen MR) is 26.7 cm³/mol. The first-order valence-corrected chi connectivity index (χ1v) is 2.74. The zero-order valence-corrected chi connectivity index (χ0v) is 4.04. The van der Waals surface area contributed by atoms with Gasteiger partial charge >= 0.3 is 0 Å². The number of hydrogen-bond acceptors (Lipinski definition) is 1. The lowest BCUT2D eigenvalue weighted by molar-refractivity contribution is 0.0226. The van der Waals surface area contributed by atoms with Gasteiger partial charge in [0, 0.05) is 11.8 Å². The fourth-order valence-electron chi connectivity index (χ4n) is 1.39. The van der Waals surface area contributed by atoms with E-state index in [2.05, 4.69) is 12.2 Å². The van der Waals surface area contributed by atoms with Gasteiger partial charge in [0.15, 0.2) is 0 Å². The molecular weight excluding hydrogens is 88.1 g/mol. The third kappa shape index (κ3) is 0.280. The average Bonchev–Trinajstić information content (AvgIpc) is 2.18. The topological polar surface area (TPSA) is 20.2 Å². The highest BCUT2D eigenvalue weighted by atomic mass is 16.3. The molecule has 0 aromatic carbocycles. The minimum absolute atomic E-state index is 0.000000000000000444. The third-order valence-corrected chi connectivity index (χ3v) is 2.03. The molecule has 2 unspecified atom stereocenters. The van der Waals surface area contributed by atoms with Crippen molar-refractivity contribution in [3.8, 4) is 0 Å². The maximum absolute atomic E-state index is 8.98. The minimum Gasteiger partial charge on any atom is -0.392 e. The van der Waals surface area contributed by atoms with Crippen molar-refractivity contribution in [3.63, 3.8) is 0 Å². The largest absolute Gasteiger partial charge is 0.392 e. The second kappa shape index (κ2) is 0.920. The molecule has 0 radical (unpaired) electrons. The Bertz CT molecular complexity index is 105. The van der Waals surface area contributed by atoms with Crippen LogP contribution >= 0.6 is 0 Å². The van der Waals surface area contributed by atoms with Crippen molar-refractivity contribution in [1.82, 2.24) is 0 Å². The molecule has 0 saturated heterocycles. The molecule has 2 bridgehead atoms. The average molecular weight is 96.1 g/mol. The SMILES string of the molecule is OC1C2C=CC1C2. The molecular formula is C6H8O. The summed E-state index contributed by atoms with van der Waals surface area (Å²) in [6.07, 6.45) is 5.45. The van der Waals surface area contributed by atoms with E-state index < -0.39 is 0 Å². The summed E-state index contributed by atoms with van der Waals surface area (Å²) in [5, 5.41) is 8.98. The Morgan fingerprint density at radius 1 is 1.29 bits per heavy atom. The van der Waals surface area contributed by atoms with Gasteiger partial charge in [-0.15, -0.1) is 0 Å². The van der Waals surface area contributed by atoms with Gasteiger partial charge in [-0.05, 0) is 6.42 Å². The highest BCUT2D eigenvalue weighted by Gasteiger charge is 2.40. The van der Waals surface area contributed by atoms with Crippen molar-refractivity contribution < 1.29 is 5.11 Å². The predicted octanol–water partition coefficient (Wildman–Crippen LogP) is 0.553. The molecule has 0 aromatic rings. The fraction of sp³-hybridized carbons (Fsp3) is 0.667. The molecule has 1 nitrogen and oxygen atoms in total. The Labute approximate surface area is 42.7 Å². The van der Waals surface area contributed by atoms with E-state index in [1.54, 1.807) is 0 Å². The van der Waals surface area contributed by atoms with Crippen LogP contribution < -0.4 is 0 Å². The van der Waals surface area contributed by atoms with Crippen LogP contribution in [-0.2, 0) is 0 Å². The van der Waals surface area contributed by atoms with Crippen LogP contribution in [0, 0.1) is 11.8 Å². The molecule has 0 aromatic heterocycles. The summed E-state index contributed by atoms with van der Waals surface area (Å²) in [7, 11) is 0. The first-order chi connectivity index (χ1) is 3.38. The highest BCUT2D eigenvalue weighted by Crippen LogP contribution is 2.42. The molecule has 1 N–H and O–H groups in total. The minimum atomic E-state index is -0.000000000000000444. The molecule has 3 rings (SSSR count). The monoisotopic (exact) mass is 96.1 g/mol. The second-order valence-electron chi connectivity index (χ2n) is 2.44. The van der Waals surface area contributed by atoms with Gasteiger partial charge in [0.25, 0.3) is 0 Å². The van der Waals surface area contributed by atoms with Crippen LogP contribution in [0.15, 0.2) is 12.2 Å². The van der Waals surface area contributed by atoms with Crippen LogP contribution in [0.25, 0.3) is 0 Å². The van der Waals surface area contributed by atoms with Gasteiger partial charge in [0.1, 0.15) is 0 Å². The molecule has 3 aliphatic rings. The van der Waals surface area contributed by atoms with E-state index >= 15 is 0 Å². The van der Waals surface area contributed by atoms with E-state index in [-0.39, 0.29) is 6.10 Å². The molecule has 1 fully saturated rings. The lowest BCUT2D eigenvalue weighted by atomic mass is 9.80. The van der Waals surface area contributed by atoms with E-state index in [4.69, 9.17) is 5.11 Å². The third-order valence-electron chi connectivity index (χ3n) is 2.03. The molecule has 2 atom stereocenters. The number of rotatable bonds is 0. The quantitative estimate of drug-likeness (QED) is 0.437. The molecule has 1 saturated carbocycles. The van der Waals surface area contributed by atoms with Crippen LogP contribution in [0.1, 0.15) is 6.42 Å². The Morgan fingerprint density at radius 3 is 2.00 bits per heavy atom. The van der Waals surface area contributed by atoms with Gasteiger partial charge in [-0.25, -0.2) is 0 Å². The smallest absolute Gasteiger partial charge is 0.0665 e. The molecule has 0 aliphatic heterocycles. The maximum Gasteiger partial charge on any atom is 0.0665 e. The lowest BCUT2D eigenvalue weighted by Crippen LogP contribution is -2.34. The summed E-state index contributed by atoms with van der Waals surface area (Å²) in [5.74, 6) is 1.06. The van der Waals surface area contributed by atoms with Gasteiger partial charge in [-0.3, -0.25) is 0 Å². The van der Waals surface area contributed by atoms with Gasteiger partial charge in [0.2, 0.25) is 0 Å². The van der Waals surface area contributed by atoms with Gasteiger partial charge in [-0.1, -0.05) is 12.2 Å². The fourth-order valence-corrected chi connectivity index (χ4v) is 1.39. The molecule has 3 aliphatic carbocycles. The number of aliphatic hydroxyl groups is 1. The standard InChI is InChI=1S/C6H8O/c7-6-4-1-2-5(6)3-4/h1-2,4-7H,3H2. The molecule has 38 valence electrons. The Kier molecular flexibility index (Phi) is 0.482. The van der Waals surface area contributed by atoms with Crippen molar-refractivity contribution in [2.24, 2.45) is 11.8 Å². The van der Waals surface area contributed by atoms with Crippen LogP contribution in [0.3, 0.4) is 0 Å². The van der Waals surface area contributed by atoms with Gasteiger partial charge in [0.05, 0.1) is 6.10 Å². The van der Waals surface area contributed by atoms with Crippen LogP contribution in [-0.4, -0.2) is 11.2 Å². The first kappa shape index (κ1) is 3.67. The normalized spacial score (nSPS) is 54.7. The van der Waals surface area contributed by atoms with Crippen molar-refractivity contribution >= 4 is 0 Å². The summed E-state index contributed by atoms with van der Waals surface area (Å²) in [5.41, 5.74) is 0. The summed E-state index contributed by atoms with van der Waals surface area (Å²) < 4.78 is 0.